The number of halogens is 1. The topological polar surface area (TPSA) is 52.7 Å². The van der Waals surface area contributed by atoms with E-state index in [1.54, 1.807) is 24.3 Å². The Balaban J connectivity index is 1.46. The number of aryl methyl sites for hydroxylation is 1. The van der Waals surface area contributed by atoms with Gasteiger partial charge < -0.3 is 4.90 Å². The highest BCUT2D eigenvalue weighted by Crippen LogP contribution is 2.20. The molecule has 0 saturated carbocycles. The predicted octanol–water partition coefficient (Wildman–Crippen LogP) is 2.88. The molecule has 0 atom stereocenters. The first kappa shape index (κ1) is 20.8. The minimum Gasteiger partial charge on any atom is -0.367 e. The molecule has 1 aliphatic heterocycles. The molecule has 0 aromatic heterocycles. The number of piperazine rings is 1. The first-order valence-corrected chi connectivity index (χ1v) is 11.3. The van der Waals surface area contributed by atoms with Crippen LogP contribution in [0.5, 0.6) is 0 Å². The van der Waals surface area contributed by atoms with Crippen LogP contribution in [0.25, 0.3) is 0 Å². The smallest absolute Gasteiger partial charge is 0.240 e. The van der Waals surface area contributed by atoms with E-state index in [9.17, 15) is 12.8 Å². The van der Waals surface area contributed by atoms with Crippen molar-refractivity contribution in [3.63, 3.8) is 0 Å². The zero-order valence-electron chi connectivity index (χ0n) is 16.3. The molecule has 1 fully saturated rings. The lowest BCUT2D eigenvalue weighted by Gasteiger charge is -2.36. The van der Waals surface area contributed by atoms with Gasteiger partial charge in [0.05, 0.1) is 10.6 Å². The highest BCUT2D eigenvalue weighted by molar-refractivity contribution is 7.89. The second-order valence-electron chi connectivity index (χ2n) is 7.07. The van der Waals surface area contributed by atoms with Gasteiger partial charge in [-0.05, 0) is 36.2 Å². The van der Waals surface area contributed by atoms with Crippen LogP contribution in [0.3, 0.4) is 0 Å². The summed E-state index contributed by atoms with van der Waals surface area (Å²) in [6, 6.07) is 13.9. The van der Waals surface area contributed by atoms with Crippen LogP contribution < -0.4 is 9.62 Å². The molecule has 3 rings (SSSR count). The molecule has 0 amide bonds. The molecule has 0 unspecified atom stereocenters. The maximum atomic E-state index is 13.9. The zero-order valence-corrected chi connectivity index (χ0v) is 17.1. The van der Waals surface area contributed by atoms with Crippen LogP contribution >= 0.6 is 0 Å². The summed E-state index contributed by atoms with van der Waals surface area (Å²) in [5, 5.41) is 0. The van der Waals surface area contributed by atoms with Gasteiger partial charge in [-0.1, -0.05) is 37.6 Å². The number of hydrogen-bond donors (Lipinski definition) is 1. The Labute approximate surface area is 167 Å². The summed E-state index contributed by atoms with van der Waals surface area (Å²) in [4.78, 5) is 4.54. The molecule has 2 aromatic carbocycles. The Bertz CT molecular complexity index is 863. The minimum absolute atomic E-state index is 0.200. The molecule has 0 aliphatic carbocycles. The number of rotatable bonds is 8. The highest BCUT2D eigenvalue weighted by Gasteiger charge is 2.20. The molecule has 28 heavy (non-hydrogen) atoms. The van der Waals surface area contributed by atoms with E-state index in [0.717, 1.165) is 44.6 Å². The largest absolute Gasteiger partial charge is 0.367 e. The van der Waals surface area contributed by atoms with Crippen LogP contribution in [0.15, 0.2) is 53.4 Å². The van der Waals surface area contributed by atoms with E-state index in [1.165, 1.54) is 6.07 Å². The van der Waals surface area contributed by atoms with Crippen molar-refractivity contribution in [2.24, 2.45) is 0 Å². The van der Waals surface area contributed by atoms with Gasteiger partial charge in [0.25, 0.3) is 0 Å². The molecular formula is C21H28FN3O2S. The van der Waals surface area contributed by atoms with Gasteiger partial charge in [-0.3, -0.25) is 4.90 Å². The lowest BCUT2D eigenvalue weighted by molar-refractivity contribution is 0.261. The highest BCUT2D eigenvalue weighted by atomic mass is 32.2. The van der Waals surface area contributed by atoms with Crippen LogP contribution in [0.1, 0.15) is 18.9 Å². The van der Waals surface area contributed by atoms with E-state index in [-0.39, 0.29) is 5.82 Å². The Kier molecular flexibility index (Phi) is 7.04. The molecule has 7 heteroatoms. The standard InChI is InChI=1S/C21H28FN3O2S/c1-2-5-18-8-10-19(11-9-18)28(26,27)23-12-13-24-14-16-25(17-15-24)21-7-4-3-6-20(21)22/h3-4,6-11,23H,2,5,12-17H2,1H3. The van der Waals surface area contributed by atoms with E-state index in [4.69, 9.17) is 0 Å². The molecule has 152 valence electrons. The molecular weight excluding hydrogens is 377 g/mol. The van der Waals surface area contributed by atoms with Gasteiger partial charge in [-0.25, -0.2) is 17.5 Å². The van der Waals surface area contributed by atoms with Crippen molar-refractivity contribution >= 4 is 15.7 Å². The van der Waals surface area contributed by atoms with Gasteiger partial charge in [0.1, 0.15) is 5.82 Å². The van der Waals surface area contributed by atoms with Gasteiger partial charge >= 0.3 is 0 Å². The van der Waals surface area contributed by atoms with E-state index in [2.05, 4.69) is 16.5 Å². The molecule has 1 N–H and O–H groups in total. The van der Waals surface area contributed by atoms with Crippen molar-refractivity contribution in [1.82, 2.24) is 9.62 Å². The van der Waals surface area contributed by atoms with Crippen LogP contribution in [0, 0.1) is 5.82 Å². The van der Waals surface area contributed by atoms with Crippen molar-refractivity contribution in [3.05, 3.63) is 59.9 Å². The summed E-state index contributed by atoms with van der Waals surface area (Å²) in [6.07, 6.45) is 1.99. The van der Waals surface area contributed by atoms with E-state index >= 15 is 0 Å². The van der Waals surface area contributed by atoms with E-state index in [1.807, 2.05) is 23.1 Å². The van der Waals surface area contributed by atoms with Gasteiger partial charge in [0.2, 0.25) is 10.0 Å². The molecule has 2 aromatic rings. The molecule has 1 heterocycles. The monoisotopic (exact) mass is 405 g/mol. The van der Waals surface area contributed by atoms with Crippen molar-refractivity contribution in [1.29, 1.82) is 0 Å². The second-order valence-corrected chi connectivity index (χ2v) is 8.84. The summed E-state index contributed by atoms with van der Waals surface area (Å²) < 4.78 is 41.5. The maximum absolute atomic E-state index is 13.9. The Morgan fingerprint density at radius 1 is 1.00 bits per heavy atom. The molecule has 0 radical (unpaired) electrons. The normalized spacial score (nSPS) is 15.7. The third kappa shape index (κ3) is 5.31. The summed E-state index contributed by atoms with van der Waals surface area (Å²) in [7, 11) is -3.49. The third-order valence-electron chi connectivity index (χ3n) is 5.06. The lowest BCUT2D eigenvalue weighted by atomic mass is 10.1. The minimum atomic E-state index is -3.49. The van der Waals surface area contributed by atoms with Crippen LogP contribution in [0.4, 0.5) is 10.1 Å². The van der Waals surface area contributed by atoms with Crippen LogP contribution in [0.2, 0.25) is 0 Å². The van der Waals surface area contributed by atoms with Crippen molar-refractivity contribution in [3.8, 4) is 0 Å². The number of nitrogens with zero attached hydrogens (tertiary/aromatic N) is 2. The number of para-hydroxylation sites is 1. The lowest BCUT2D eigenvalue weighted by Crippen LogP contribution is -2.48. The average molecular weight is 406 g/mol. The molecule has 5 nitrogen and oxygen atoms in total. The Hall–Kier alpha value is -1.96. The summed E-state index contributed by atoms with van der Waals surface area (Å²) >= 11 is 0. The van der Waals surface area contributed by atoms with Gasteiger partial charge in [0, 0.05) is 39.3 Å². The summed E-state index contributed by atoms with van der Waals surface area (Å²) in [5.41, 5.74) is 1.78. The molecule has 0 spiro atoms. The fraction of sp³-hybridized carbons (Fsp3) is 0.429. The quantitative estimate of drug-likeness (QED) is 0.734. The summed E-state index contributed by atoms with van der Waals surface area (Å²) in [6.45, 7) is 6.11. The number of hydrogen-bond acceptors (Lipinski definition) is 4. The van der Waals surface area contributed by atoms with Gasteiger partial charge in [-0.2, -0.15) is 0 Å². The number of benzene rings is 2. The number of nitrogens with one attached hydrogen (secondary N) is 1. The van der Waals surface area contributed by atoms with Crippen molar-refractivity contribution in [2.75, 3.05) is 44.2 Å². The fourth-order valence-electron chi connectivity index (χ4n) is 3.47. The van der Waals surface area contributed by atoms with Gasteiger partial charge in [-0.15, -0.1) is 0 Å². The molecule has 0 bridgehead atoms. The maximum Gasteiger partial charge on any atom is 0.240 e. The van der Waals surface area contributed by atoms with Crippen molar-refractivity contribution in [2.45, 2.75) is 24.7 Å². The first-order valence-electron chi connectivity index (χ1n) is 9.80. The molecule has 1 aliphatic rings. The first-order chi connectivity index (χ1) is 13.5. The Morgan fingerprint density at radius 2 is 1.68 bits per heavy atom. The summed E-state index contributed by atoms with van der Waals surface area (Å²) in [5.74, 6) is -0.200. The number of sulfonamides is 1. The third-order valence-corrected chi connectivity index (χ3v) is 6.53. The van der Waals surface area contributed by atoms with Crippen LogP contribution in [-0.2, 0) is 16.4 Å². The number of anilines is 1. The Morgan fingerprint density at radius 3 is 2.32 bits per heavy atom. The van der Waals surface area contributed by atoms with Crippen molar-refractivity contribution < 1.29 is 12.8 Å². The molecule has 1 saturated heterocycles. The predicted molar refractivity (Wildman–Crippen MR) is 111 cm³/mol. The van der Waals surface area contributed by atoms with E-state index in [0.29, 0.717) is 23.7 Å². The average Bonchev–Trinajstić information content (AvgIpc) is 2.70. The second kappa shape index (κ2) is 9.49. The van der Waals surface area contributed by atoms with Gasteiger partial charge in [0.15, 0.2) is 0 Å². The zero-order chi connectivity index (χ0) is 20.0. The van der Waals surface area contributed by atoms with Crippen LogP contribution in [-0.4, -0.2) is 52.6 Å². The fourth-order valence-corrected chi connectivity index (χ4v) is 4.49. The van der Waals surface area contributed by atoms with E-state index < -0.39 is 10.0 Å². The SMILES string of the molecule is CCCc1ccc(S(=O)(=O)NCCN2CCN(c3ccccc3F)CC2)cc1.